The number of hydrogen-bond donors (Lipinski definition) is 0. The molecule has 130 valence electrons. The first kappa shape index (κ1) is 16.2. The Bertz CT molecular complexity index is 1120. The second-order valence-electron chi connectivity index (χ2n) is 5.92. The molecule has 0 saturated heterocycles. The maximum atomic E-state index is 12.1. The lowest BCUT2D eigenvalue weighted by Crippen LogP contribution is -2.10. The van der Waals surface area contributed by atoms with E-state index >= 15 is 0 Å². The van der Waals surface area contributed by atoms with Crippen LogP contribution in [0.5, 0.6) is 0 Å². The van der Waals surface area contributed by atoms with Crippen LogP contribution in [0, 0.1) is 0 Å². The van der Waals surface area contributed by atoms with Gasteiger partial charge in [-0.05, 0) is 37.6 Å². The zero-order chi connectivity index (χ0) is 18.1. The molecule has 0 spiro atoms. The van der Waals surface area contributed by atoms with Crippen molar-refractivity contribution in [2.24, 2.45) is 0 Å². The first-order valence-corrected chi connectivity index (χ1v) is 8.61. The molecule has 3 heterocycles. The number of pyridine rings is 1. The fourth-order valence-corrected chi connectivity index (χ4v) is 2.97. The number of aryl methyl sites for hydroxylation is 1. The van der Waals surface area contributed by atoms with Gasteiger partial charge in [0, 0.05) is 28.9 Å². The van der Waals surface area contributed by atoms with E-state index in [-0.39, 0.29) is 0 Å². The van der Waals surface area contributed by atoms with E-state index in [0.29, 0.717) is 17.9 Å². The second-order valence-corrected chi connectivity index (χ2v) is 5.92. The Morgan fingerprint density at radius 3 is 2.85 bits per heavy atom. The SMILES string of the molecule is CCOC(=O)c1cc(CC)n2nc(-c3ccc4ncccc4c3)cc2n1. The third-order valence-corrected chi connectivity index (χ3v) is 4.25. The van der Waals surface area contributed by atoms with Crippen LogP contribution < -0.4 is 0 Å². The van der Waals surface area contributed by atoms with Crippen molar-refractivity contribution in [2.45, 2.75) is 20.3 Å². The minimum Gasteiger partial charge on any atom is -0.461 e. The van der Waals surface area contributed by atoms with E-state index < -0.39 is 5.97 Å². The van der Waals surface area contributed by atoms with Crippen LogP contribution in [0.25, 0.3) is 27.8 Å². The van der Waals surface area contributed by atoms with Crippen molar-refractivity contribution in [1.29, 1.82) is 0 Å². The minimum atomic E-state index is -0.413. The largest absolute Gasteiger partial charge is 0.461 e. The Kier molecular flexibility index (Phi) is 4.08. The molecule has 0 unspecified atom stereocenters. The van der Waals surface area contributed by atoms with E-state index in [1.54, 1.807) is 23.7 Å². The summed E-state index contributed by atoms with van der Waals surface area (Å²) in [6, 6.07) is 13.6. The van der Waals surface area contributed by atoms with Crippen molar-refractivity contribution >= 4 is 22.5 Å². The van der Waals surface area contributed by atoms with Gasteiger partial charge in [0.15, 0.2) is 11.3 Å². The van der Waals surface area contributed by atoms with Crippen molar-refractivity contribution in [3.63, 3.8) is 0 Å². The molecule has 0 aliphatic carbocycles. The number of rotatable bonds is 4. The normalized spacial score (nSPS) is 11.2. The van der Waals surface area contributed by atoms with Crippen molar-refractivity contribution < 1.29 is 9.53 Å². The lowest BCUT2D eigenvalue weighted by atomic mass is 10.1. The van der Waals surface area contributed by atoms with Crippen LogP contribution in [0.1, 0.15) is 30.0 Å². The Morgan fingerprint density at radius 2 is 2.04 bits per heavy atom. The highest BCUT2D eigenvalue weighted by molar-refractivity contribution is 5.88. The molecule has 26 heavy (non-hydrogen) atoms. The molecule has 0 amide bonds. The van der Waals surface area contributed by atoms with Crippen LogP contribution in [0.4, 0.5) is 0 Å². The summed E-state index contributed by atoms with van der Waals surface area (Å²) in [6.07, 6.45) is 2.51. The van der Waals surface area contributed by atoms with Crippen molar-refractivity contribution in [3.05, 3.63) is 60.0 Å². The summed E-state index contributed by atoms with van der Waals surface area (Å²) in [5.74, 6) is -0.413. The van der Waals surface area contributed by atoms with Crippen LogP contribution in [0.3, 0.4) is 0 Å². The van der Waals surface area contributed by atoms with Crippen LogP contribution in [-0.2, 0) is 11.2 Å². The predicted octanol–water partition coefficient (Wildman–Crippen LogP) is 3.68. The van der Waals surface area contributed by atoms with Crippen LogP contribution in [-0.4, -0.2) is 32.2 Å². The molecular weight excluding hydrogens is 328 g/mol. The molecule has 0 N–H and O–H groups in total. The summed E-state index contributed by atoms with van der Waals surface area (Å²) in [7, 11) is 0. The summed E-state index contributed by atoms with van der Waals surface area (Å²) in [6.45, 7) is 4.12. The van der Waals surface area contributed by atoms with Gasteiger partial charge in [0.05, 0.1) is 17.8 Å². The Labute approximate surface area is 150 Å². The summed E-state index contributed by atoms with van der Waals surface area (Å²) in [4.78, 5) is 20.8. The summed E-state index contributed by atoms with van der Waals surface area (Å²) < 4.78 is 6.86. The molecule has 6 heteroatoms. The van der Waals surface area contributed by atoms with E-state index in [9.17, 15) is 4.79 Å². The van der Waals surface area contributed by atoms with Gasteiger partial charge in [-0.2, -0.15) is 5.10 Å². The topological polar surface area (TPSA) is 69.4 Å². The maximum Gasteiger partial charge on any atom is 0.357 e. The third kappa shape index (κ3) is 2.79. The first-order chi connectivity index (χ1) is 12.7. The molecule has 4 aromatic rings. The lowest BCUT2D eigenvalue weighted by Gasteiger charge is -2.05. The first-order valence-electron chi connectivity index (χ1n) is 8.61. The Balaban J connectivity index is 1.84. The molecule has 4 rings (SSSR count). The molecule has 6 nitrogen and oxygen atoms in total. The minimum absolute atomic E-state index is 0.311. The van der Waals surface area contributed by atoms with Gasteiger partial charge in [-0.1, -0.05) is 19.1 Å². The number of ether oxygens (including phenoxy) is 1. The molecule has 0 aliphatic rings. The second kappa shape index (κ2) is 6.55. The maximum absolute atomic E-state index is 12.1. The lowest BCUT2D eigenvalue weighted by molar-refractivity contribution is 0.0519. The van der Waals surface area contributed by atoms with Crippen molar-refractivity contribution in [1.82, 2.24) is 19.6 Å². The standard InChI is InChI=1S/C20H18N4O2/c1-3-15-11-18(20(25)26-4-2)22-19-12-17(23-24(15)19)14-7-8-16-13(10-14)6-5-9-21-16/h5-12H,3-4H2,1-2H3. The van der Waals surface area contributed by atoms with Gasteiger partial charge in [-0.15, -0.1) is 0 Å². The Morgan fingerprint density at radius 1 is 1.15 bits per heavy atom. The molecule has 0 atom stereocenters. The van der Waals surface area contributed by atoms with Gasteiger partial charge in [0.25, 0.3) is 0 Å². The quantitative estimate of drug-likeness (QED) is 0.527. The third-order valence-electron chi connectivity index (χ3n) is 4.25. The molecule has 3 aromatic heterocycles. The highest BCUT2D eigenvalue weighted by Crippen LogP contribution is 2.24. The summed E-state index contributed by atoms with van der Waals surface area (Å²) >= 11 is 0. The molecule has 0 fully saturated rings. The number of carbonyl (C=O) groups excluding carboxylic acids is 1. The summed E-state index contributed by atoms with van der Waals surface area (Å²) in [5, 5.41) is 5.74. The number of nitrogens with zero attached hydrogens (tertiary/aromatic N) is 4. The zero-order valence-electron chi connectivity index (χ0n) is 14.6. The summed E-state index contributed by atoms with van der Waals surface area (Å²) in [5.41, 5.74) is 4.58. The van der Waals surface area contributed by atoms with E-state index in [2.05, 4.69) is 21.1 Å². The van der Waals surface area contributed by atoms with Crippen molar-refractivity contribution in [3.8, 4) is 11.3 Å². The molecular formula is C20H18N4O2. The highest BCUT2D eigenvalue weighted by atomic mass is 16.5. The van der Waals surface area contributed by atoms with Crippen molar-refractivity contribution in [2.75, 3.05) is 6.61 Å². The zero-order valence-corrected chi connectivity index (χ0v) is 14.6. The van der Waals surface area contributed by atoms with Crippen LogP contribution in [0.2, 0.25) is 0 Å². The Hall–Kier alpha value is -3.28. The number of aromatic nitrogens is 4. The fraction of sp³-hybridized carbons (Fsp3) is 0.200. The molecule has 0 saturated carbocycles. The number of fused-ring (bicyclic) bond motifs is 2. The number of benzene rings is 1. The number of hydrogen-bond acceptors (Lipinski definition) is 5. The predicted molar refractivity (Wildman–Crippen MR) is 99.1 cm³/mol. The van der Waals surface area contributed by atoms with Crippen LogP contribution >= 0.6 is 0 Å². The van der Waals surface area contributed by atoms with Gasteiger partial charge in [-0.25, -0.2) is 14.3 Å². The molecule has 0 aliphatic heterocycles. The monoisotopic (exact) mass is 346 g/mol. The smallest absolute Gasteiger partial charge is 0.357 e. The average molecular weight is 346 g/mol. The van der Waals surface area contributed by atoms with Gasteiger partial charge in [-0.3, -0.25) is 4.98 Å². The van der Waals surface area contributed by atoms with Gasteiger partial charge < -0.3 is 4.74 Å². The van der Waals surface area contributed by atoms with E-state index in [1.807, 2.05) is 37.3 Å². The van der Waals surface area contributed by atoms with Gasteiger partial charge in [0.2, 0.25) is 0 Å². The molecule has 0 bridgehead atoms. The van der Waals surface area contributed by atoms with Crippen LogP contribution in [0.15, 0.2) is 48.7 Å². The van der Waals surface area contributed by atoms with E-state index in [4.69, 9.17) is 4.74 Å². The molecule has 0 radical (unpaired) electrons. The highest BCUT2D eigenvalue weighted by Gasteiger charge is 2.15. The number of carbonyl (C=O) groups is 1. The fourth-order valence-electron chi connectivity index (χ4n) is 2.97. The van der Waals surface area contributed by atoms with E-state index in [1.165, 1.54) is 0 Å². The average Bonchev–Trinajstić information content (AvgIpc) is 3.11. The molecule has 1 aromatic carbocycles. The van der Waals surface area contributed by atoms with Gasteiger partial charge >= 0.3 is 5.97 Å². The number of esters is 1. The van der Waals surface area contributed by atoms with Gasteiger partial charge in [0.1, 0.15) is 0 Å². The van der Waals surface area contributed by atoms with E-state index in [0.717, 1.165) is 34.3 Å².